The fraction of sp³-hybridized carbons (Fsp3) is 0.833. The number of methoxy groups -OCH3 is 1. The number of amides is 1. The van der Waals surface area contributed by atoms with Crippen molar-refractivity contribution < 1.29 is 14.3 Å². The molecule has 100 valence electrons. The second kappa shape index (κ2) is 7.27. The van der Waals surface area contributed by atoms with Crippen molar-refractivity contribution in [3.05, 3.63) is 0 Å². The minimum atomic E-state index is -0.636. The van der Waals surface area contributed by atoms with Gasteiger partial charge in [-0.25, -0.2) is 4.79 Å². The van der Waals surface area contributed by atoms with Crippen LogP contribution in [0.2, 0.25) is 0 Å². The molecule has 17 heavy (non-hydrogen) atoms. The number of carbonyl (C=O) groups is 2. The number of hydrogen-bond acceptors (Lipinski definition) is 4. The average Bonchev–Trinajstić information content (AvgIpc) is 2.32. The van der Waals surface area contributed by atoms with Crippen LogP contribution in [-0.4, -0.2) is 31.1 Å². The number of hydrogen-bond donors (Lipinski definition) is 2. The van der Waals surface area contributed by atoms with Crippen LogP contribution in [0.15, 0.2) is 0 Å². The molecule has 0 saturated heterocycles. The number of ether oxygens (including phenoxy) is 1. The van der Waals surface area contributed by atoms with Gasteiger partial charge in [-0.15, -0.1) is 0 Å². The molecule has 0 fully saturated rings. The molecule has 0 spiro atoms. The summed E-state index contributed by atoms with van der Waals surface area (Å²) in [6.07, 6.45) is 0.819. The second-order valence-electron chi connectivity index (χ2n) is 4.66. The maximum Gasteiger partial charge on any atom is 0.328 e. The molecule has 0 aromatic carbocycles. The molecule has 3 atom stereocenters. The summed E-state index contributed by atoms with van der Waals surface area (Å²) in [5, 5.41) is 2.64. The minimum Gasteiger partial charge on any atom is -0.467 e. The summed E-state index contributed by atoms with van der Waals surface area (Å²) in [5.41, 5.74) is 5.80. The van der Waals surface area contributed by atoms with Crippen LogP contribution in [0.1, 0.15) is 34.1 Å². The van der Waals surface area contributed by atoms with Crippen molar-refractivity contribution in [3.63, 3.8) is 0 Å². The highest BCUT2D eigenvalue weighted by Gasteiger charge is 2.28. The first kappa shape index (κ1) is 15.9. The van der Waals surface area contributed by atoms with Crippen LogP contribution in [0.3, 0.4) is 0 Å². The van der Waals surface area contributed by atoms with E-state index in [1.165, 1.54) is 7.11 Å². The predicted molar refractivity (Wildman–Crippen MR) is 66.2 cm³/mol. The number of esters is 1. The molecule has 0 bridgehead atoms. The van der Waals surface area contributed by atoms with Crippen molar-refractivity contribution in [1.29, 1.82) is 0 Å². The normalized spacial score (nSPS) is 16.2. The van der Waals surface area contributed by atoms with Crippen LogP contribution >= 0.6 is 0 Å². The second-order valence-corrected chi connectivity index (χ2v) is 4.66. The maximum atomic E-state index is 11.8. The monoisotopic (exact) mass is 244 g/mol. The van der Waals surface area contributed by atoms with E-state index in [1.54, 1.807) is 0 Å². The smallest absolute Gasteiger partial charge is 0.328 e. The van der Waals surface area contributed by atoms with Crippen LogP contribution in [-0.2, 0) is 14.3 Å². The number of nitrogens with one attached hydrogen (secondary N) is 1. The third-order valence-electron chi connectivity index (χ3n) is 2.98. The van der Waals surface area contributed by atoms with Crippen molar-refractivity contribution in [2.24, 2.45) is 17.6 Å². The van der Waals surface area contributed by atoms with Gasteiger partial charge in [0.25, 0.3) is 0 Å². The third-order valence-corrected chi connectivity index (χ3v) is 2.98. The molecular weight excluding hydrogens is 220 g/mol. The molecule has 0 aliphatic heterocycles. The van der Waals surface area contributed by atoms with E-state index >= 15 is 0 Å². The topological polar surface area (TPSA) is 81.4 Å². The molecule has 1 amide bonds. The Morgan fingerprint density at radius 1 is 1.29 bits per heavy atom. The average molecular weight is 244 g/mol. The predicted octanol–water partition coefficient (Wildman–Crippen LogP) is 0.674. The van der Waals surface area contributed by atoms with Crippen molar-refractivity contribution in [2.75, 3.05) is 7.11 Å². The Labute approximate surface area is 103 Å². The van der Waals surface area contributed by atoms with E-state index in [-0.39, 0.29) is 17.7 Å². The zero-order chi connectivity index (χ0) is 13.6. The first-order valence-corrected chi connectivity index (χ1v) is 5.98. The van der Waals surface area contributed by atoms with E-state index in [9.17, 15) is 9.59 Å². The summed E-state index contributed by atoms with van der Waals surface area (Å²) in [5.74, 6) is -0.691. The molecule has 0 aliphatic carbocycles. The molecule has 0 aromatic heterocycles. The molecule has 0 aliphatic rings. The van der Waals surface area contributed by atoms with Crippen LogP contribution < -0.4 is 11.1 Å². The summed E-state index contributed by atoms with van der Waals surface area (Å²) in [6.45, 7) is 7.57. The van der Waals surface area contributed by atoms with Gasteiger partial charge < -0.3 is 15.8 Å². The molecule has 0 radical (unpaired) electrons. The van der Waals surface area contributed by atoms with E-state index in [0.29, 0.717) is 0 Å². The van der Waals surface area contributed by atoms with Gasteiger partial charge in [-0.3, -0.25) is 4.79 Å². The summed E-state index contributed by atoms with van der Waals surface area (Å²) >= 11 is 0. The van der Waals surface area contributed by atoms with Crippen LogP contribution in [0.5, 0.6) is 0 Å². The van der Waals surface area contributed by atoms with Crippen LogP contribution in [0.4, 0.5) is 0 Å². The Balaban J connectivity index is 4.56. The van der Waals surface area contributed by atoms with Gasteiger partial charge >= 0.3 is 5.97 Å². The zero-order valence-electron chi connectivity index (χ0n) is 11.3. The molecule has 0 saturated carbocycles. The molecular formula is C12H24N2O3. The highest BCUT2D eigenvalue weighted by molar-refractivity contribution is 5.87. The van der Waals surface area contributed by atoms with Gasteiger partial charge in [-0.05, 0) is 11.8 Å². The Bertz CT molecular complexity index is 266. The zero-order valence-corrected chi connectivity index (χ0v) is 11.3. The molecule has 2 unspecified atom stereocenters. The minimum absolute atomic E-state index is 0.0319. The van der Waals surface area contributed by atoms with Gasteiger partial charge in [0.2, 0.25) is 5.91 Å². The van der Waals surface area contributed by atoms with Crippen molar-refractivity contribution in [2.45, 2.75) is 46.2 Å². The largest absolute Gasteiger partial charge is 0.467 e. The Morgan fingerprint density at radius 2 is 1.82 bits per heavy atom. The standard InChI is InChI=1S/C12H24N2O3/c1-6-8(4)9(13)11(15)14-10(7(2)3)12(16)17-5/h7-10H,6,13H2,1-5H3,(H,14,15)/t8?,9-,10?/m0/s1. The Morgan fingerprint density at radius 3 is 2.18 bits per heavy atom. The summed E-state index contributed by atoms with van der Waals surface area (Å²) in [4.78, 5) is 23.3. The Hall–Kier alpha value is -1.10. The maximum absolute atomic E-state index is 11.8. The van der Waals surface area contributed by atoms with E-state index in [2.05, 4.69) is 10.1 Å². The summed E-state index contributed by atoms with van der Waals surface area (Å²) in [7, 11) is 1.30. The first-order chi connectivity index (χ1) is 7.84. The summed E-state index contributed by atoms with van der Waals surface area (Å²) in [6, 6.07) is -1.23. The third kappa shape index (κ3) is 4.73. The van der Waals surface area contributed by atoms with Gasteiger partial charge in [0, 0.05) is 0 Å². The number of nitrogens with two attached hydrogens (primary N) is 1. The fourth-order valence-corrected chi connectivity index (χ4v) is 1.39. The fourth-order valence-electron chi connectivity index (χ4n) is 1.39. The molecule has 5 heteroatoms. The molecule has 0 aromatic rings. The van der Waals surface area contributed by atoms with E-state index in [4.69, 9.17) is 5.73 Å². The van der Waals surface area contributed by atoms with E-state index in [1.807, 2.05) is 27.7 Å². The lowest BCUT2D eigenvalue weighted by molar-refractivity contribution is -0.146. The van der Waals surface area contributed by atoms with Crippen molar-refractivity contribution in [3.8, 4) is 0 Å². The quantitative estimate of drug-likeness (QED) is 0.673. The first-order valence-electron chi connectivity index (χ1n) is 5.98. The van der Waals surface area contributed by atoms with Crippen LogP contribution in [0, 0.1) is 11.8 Å². The molecule has 0 heterocycles. The lowest BCUT2D eigenvalue weighted by Crippen LogP contribution is -2.52. The highest BCUT2D eigenvalue weighted by Crippen LogP contribution is 2.08. The van der Waals surface area contributed by atoms with Gasteiger partial charge in [-0.1, -0.05) is 34.1 Å². The molecule has 5 nitrogen and oxygen atoms in total. The number of rotatable bonds is 6. The van der Waals surface area contributed by atoms with Gasteiger partial charge in [0.05, 0.1) is 13.2 Å². The van der Waals surface area contributed by atoms with Crippen molar-refractivity contribution in [1.82, 2.24) is 5.32 Å². The lowest BCUT2D eigenvalue weighted by atomic mass is 9.98. The number of carbonyl (C=O) groups excluding carboxylic acids is 2. The highest BCUT2D eigenvalue weighted by atomic mass is 16.5. The van der Waals surface area contributed by atoms with E-state index < -0.39 is 18.1 Å². The Kier molecular flexibility index (Phi) is 6.80. The molecule has 0 rings (SSSR count). The lowest BCUT2D eigenvalue weighted by Gasteiger charge is -2.24. The van der Waals surface area contributed by atoms with E-state index in [0.717, 1.165) is 6.42 Å². The van der Waals surface area contributed by atoms with Gasteiger partial charge in [-0.2, -0.15) is 0 Å². The van der Waals surface area contributed by atoms with Gasteiger partial charge in [0.15, 0.2) is 0 Å². The van der Waals surface area contributed by atoms with Crippen LogP contribution in [0.25, 0.3) is 0 Å². The van der Waals surface area contributed by atoms with Gasteiger partial charge in [0.1, 0.15) is 6.04 Å². The molecule has 3 N–H and O–H groups in total. The van der Waals surface area contributed by atoms with Crippen molar-refractivity contribution >= 4 is 11.9 Å². The SMILES string of the molecule is CCC(C)[C@H](N)C(=O)NC(C(=O)OC)C(C)C. The summed E-state index contributed by atoms with van der Waals surface area (Å²) < 4.78 is 4.65.